The van der Waals surface area contributed by atoms with Gasteiger partial charge in [-0.1, -0.05) is 19.8 Å². The normalized spacial score (nSPS) is 12.1. The molecule has 88 valence electrons. The van der Waals surface area contributed by atoms with E-state index in [0.717, 1.165) is 12.8 Å². The van der Waals surface area contributed by atoms with Gasteiger partial charge < -0.3 is 14.8 Å². The van der Waals surface area contributed by atoms with Crippen molar-refractivity contribution in [3.05, 3.63) is 24.2 Å². The molecule has 1 atom stereocenters. The molecule has 0 saturated carbocycles. The number of aliphatic carboxylic acids is 1. The fourth-order valence-corrected chi connectivity index (χ4v) is 1.30. The van der Waals surface area contributed by atoms with Crippen LogP contribution in [0.15, 0.2) is 23.0 Å². The Morgan fingerprint density at radius 3 is 2.81 bits per heavy atom. The lowest BCUT2D eigenvalue weighted by atomic mass is 10.1. The Bertz CT molecular complexity index is 345. The number of rotatable bonds is 6. The maximum Gasteiger partial charge on any atom is 0.326 e. The lowest BCUT2D eigenvalue weighted by Gasteiger charge is -2.12. The van der Waals surface area contributed by atoms with Gasteiger partial charge in [0.15, 0.2) is 0 Å². The minimum absolute atomic E-state index is 0.336. The first-order valence-corrected chi connectivity index (χ1v) is 5.21. The molecule has 0 aliphatic carbocycles. The molecule has 0 saturated heterocycles. The first-order valence-electron chi connectivity index (χ1n) is 5.21. The van der Waals surface area contributed by atoms with Gasteiger partial charge in [-0.3, -0.25) is 4.79 Å². The number of hydrogen-bond donors (Lipinski definition) is 2. The molecule has 1 rings (SSSR count). The van der Waals surface area contributed by atoms with Gasteiger partial charge in [0.05, 0.1) is 11.8 Å². The summed E-state index contributed by atoms with van der Waals surface area (Å²) >= 11 is 0. The summed E-state index contributed by atoms with van der Waals surface area (Å²) in [6, 6.07) is 0.663. The zero-order valence-corrected chi connectivity index (χ0v) is 9.10. The summed E-state index contributed by atoms with van der Waals surface area (Å²) in [5, 5.41) is 11.4. The molecule has 5 heteroatoms. The Hall–Kier alpha value is -1.78. The van der Waals surface area contributed by atoms with E-state index in [1.54, 1.807) is 0 Å². The highest BCUT2D eigenvalue weighted by molar-refractivity contribution is 5.96. The van der Waals surface area contributed by atoms with Gasteiger partial charge in [0.25, 0.3) is 5.91 Å². The van der Waals surface area contributed by atoms with Crippen LogP contribution in [0, 0.1) is 0 Å². The van der Waals surface area contributed by atoms with Crippen LogP contribution in [0.2, 0.25) is 0 Å². The SMILES string of the molecule is CCCCC(NC(=O)c1ccoc1)C(=O)O. The van der Waals surface area contributed by atoms with Gasteiger partial charge in [0, 0.05) is 0 Å². The van der Waals surface area contributed by atoms with E-state index in [0.29, 0.717) is 12.0 Å². The zero-order valence-electron chi connectivity index (χ0n) is 9.10. The highest BCUT2D eigenvalue weighted by atomic mass is 16.4. The zero-order chi connectivity index (χ0) is 12.0. The van der Waals surface area contributed by atoms with E-state index < -0.39 is 17.9 Å². The topological polar surface area (TPSA) is 79.5 Å². The molecule has 0 aromatic carbocycles. The Labute approximate surface area is 93.4 Å². The smallest absolute Gasteiger partial charge is 0.326 e. The van der Waals surface area contributed by atoms with Crippen molar-refractivity contribution in [2.45, 2.75) is 32.2 Å². The molecule has 5 nitrogen and oxygen atoms in total. The maximum absolute atomic E-state index is 11.5. The van der Waals surface area contributed by atoms with Crippen molar-refractivity contribution in [3.63, 3.8) is 0 Å². The molecule has 0 aliphatic heterocycles. The number of nitrogens with one attached hydrogen (secondary N) is 1. The van der Waals surface area contributed by atoms with Crippen molar-refractivity contribution >= 4 is 11.9 Å². The fraction of sp³-hybridized carbons (Fsp3) is 0.455. The van der Waals surface area contributed by atoms with Crippen LogP contribution in [0.1, 0.15) is 36.5 Å². The third-order valence-corrected chi connectivity index (χ3v) is 2.23. The molecule has 0 aliphatic rings. The van der Waals surface area contributed by atoms with Gasteiger partial charge in [-0.2, -0.15) is 0 Å². The highest BCUT2D eigenvalue weighted by Crippen LogP contribution is 2.04. The van der Waals surface area contributed by atoms with E-state index >= 15 is 0 Å². The van der Waals surface area contributed by atoms with Crippen LogP contribution in [0.4, 0.5) is 0 Å². The van der Waals surface area contributed by atoms with Gasteiger partial charge in [-0.15, -0.1) is 0 Å². The Balaban J connectivity index is 2.54. The lowest BCUT2D eigenvalue weighted by molar-refractivity contribution is -0.139. The van der Waals surface area contributed by atoms with Crippen molar-refractivity contribution in [1.29, 1.82) is 0 Å². The molecule has 0 spiro atoms. The molecule has 0 fully saturated rings. The van der Waals surface area contributed by atoms with Crippen LogP contribution in [0.25, 0.3) is 0 Å². The third kappa shape index (κ3) is 3.42. The molecule has 16 heavy (non-hydrogen) atoms. The Kier molecular flexibility index (Phi) is 4.57. The van der Waals surface area contributed by atoms with E-state index in [1.165, 1.54) is 18.6 Å². The van der Waals surface area contributed by atoms with E-state index in [9.17, 15) is 9.59 Å². The molecule has 2 N–H and O–H groups in total. The van der Waals surface area contributed by atoms with Crippen molar-refractivity contribution in [2.24, 2.45) is 0 Å². The third-order valence-electron chi connectivity index (χ3n) is 2.23. The maximum atomic E-state index is 11.5. The predicted molar refractivity (Wildman–Crippen MR) is 57.1 cm³/mol. The van der Waals surface area contributed by atoms with Gasteiger partial charge >= 0.3 is 5.97 Å². The lowest BCUT2D eigenvalue weighted by Crippen LogP contribution is -2.40. The second-order valence-corrected chi connectivity index (χ2v) is 3.52. The molecular weight excluding hydrogens is 210 g/mol. The number of carbonyl (C=O) groups is 2. The number of furan rings is 1. The molecule has 1 aromatic heterocycles. The number of hydrogen-bond acceptors (Lipinski definition) is 3. The summed E-state index contributed by atoms with van der Waals surface area (Å²) in [6.45, 7) is 1.97. The molecular formula is C11H15NO4. The van der Waals surface area contributed by atoms with Crippen LogP contribution in [-0.4, -0.2) is 23.0 Å². The van der Waals surface area contributed by atoms with Gasteiger partial charge in [-0.25, -0.2) is 4.79 Å². The van der Waals surface area contributed by atoms with E-state index in [-0.39, 0.29) is 0 Å². The van der Waals surface area contributed by atoms with Crippen molar-refractivity contribution in [1.82, 2.24) is 5.32 Å². The van der Waals surface area contributed by atoms with Gasteiger partial charge in [-0.05, 0) is 12.5 Å². The van der Waals surface area contributed by atoms with E-state index in [4.69, 9.17) is 9.52 Å². The molecule has 1 aromatic rings. The summed E-state index contributed by atoms with van der Waals surface area (Å²) in [7, 11) is 0. The quantitative estimate of drug-likeness (QED) is 0.771. The molecule has 1 amide bonds. The van der Waals surface area contributed by atoms with E-state index in [2.05, 4.69) is 5.32 Å². The van der Waals surface area contributed by atoms with Crippen molar-refractivity contribution in [2.75, 3.05) is 0 Å². The molecule has 1 unspecified atom stereocenters. The Morgan fingerprint density at radius 1 is 1.56 bits per heavy atom. The van der Waals surface area contributed by atoms with E-state index in [1.807, 2.05) is 6.92 Å². The first kappa shape index (κ1) is 12.3. The average Bonchev–Trinajstić information content (AvgIpc) is 2.76. The molecule has 0 bridgehead atoms. The van der Waals surface area contributed by atoms with Crippen LogP contribution in [0.5, 0.6) is 0 Å². The largest absolute Gasteiger partial charge is 0.480 e. The van der Waals surface area contributed by atoms with Crippen molar-refractivity contribution < 1.29 is 19.1 Å². The number of amides is 1. The van der Waals surface area contributed by atoms with Crippen LogP contribution >= 0.6 is 0 Å². The van der Waals surface area contributed by atoms with Gasteiger partial charge in [0.2, 0.25) is 0 Å². The Morgan fingerprint density at radius 2 is 2.31 bits per heavy atom. The summed E-state index contributed by atoms with van der Waals surface area (Å²) in [5.74, 6) is -1.43. The van der Waals surface area contributed by atoms with Crippen LogP contribution < -0.4 is 5.32 Å². The number of carboxylic acid groups (broad SMARTS) is 1. The number of carbonyl (C=O) groups excluding carboxylic acids is 1. The minimum atomic E-state index is -1.01. The van der Waals surface area contributed by atoms with Crippen LogP contribution in [-0.2, 0) is 4.79 Å². The van der Waals surface area contributed by atoms with Gasteiger partial charge in [0.1, 0.15) is 12.3 Å². The minimum Gasteiger partial charge on any atom is -0.480 e. The van der Waals surface area contributed by atoms with Crippen LogP contribution in [0.3, 0.4) is 0 Å². The summed E-state index contributed by atoms with van der Waals surface area (Å²) in [4.78, 5) is 22.4. The second-order valence-electron chi connectivity index (χ2n) is 3.52. The average molecular weight is 225 g/mol. The predicted octanol–water partition coefficient (Wildman–Crippen LogP) is 1.65. The monoisotopic (exact) mass is 225 g/mol. The summed E-state index contributed by atoms with van der Waals surface area (Å²) < 4.78 is 4.75. The first-order chi connectivity index (χ1) is 7.65. The number of unbranched alkanes of at least 4 members (excludes halogenated alkanes) is 1. The van der Waals surface area contributed by atoms with Crippen molar-refractivity contribution in [3.8, 4) is 0 Å². The number of carboxylic acids is 1. The highest BCUT2D eigenvalue weighted by Gasteiger charge is 2.20. The molecule has 0 radical (unpaired) electrons. The fourth-order valence-electron chi connectivity index (χ4n) is 1.30. The second kappa shape index (κ2) is 5.95. The standard InChI is InChI=1S/C11H15NO4/c1-2-3-4-9(11(14)15)12-10(13)8-5-6-16-7-8/h5-7,9H,2-4H2,1H3,(H,12,13)(H,14,15). The summed E-state index contributed by atoms with van der Waals surface area (Å²) in [6.07, 6.45) is 4.76. The molecule has 1 heterocycles. The summed E-state index contributed by atoms with van der Waals surface area (Å²) in [5.41, 5.74) is 0.336.